The monoisotopic (exact) mass is 470 g/mol. The van der Waals surface area contributed by atoms with Crippen LogP contribution in [0.5, 0.6) is 0 Å². The number of amides is 2. The lowest BCUT2D eigenvalue weighted by atomic mass is 9.81. The summed E-state index contributed by atoms with van der Waals surface area (Å²) in [5.41, 5.74) is 3.04. The van der Waals surface area contributed by atoms with Gasteiger partial charge in [0.25, 0.3) is 0 Å². The number of hydrogen-bond donors (Lipinski definition) is 0. The number of Topliss-reactive ketones (excluding diaryl/α,β-unsaturated/α-hetero) is 1. The maximum atomic E-state index is 12.8. The molecule has 0 spiro atoms. The van der Waals surface area contributed by atoms with E-state index in [0.717, 1.165) is 34.7 Å². The first-order valence-corrected chi connectivity index (χ1v) is 11.6. The maximum absolute atomic E-state index is 12.8. The second kappa shape index (κ2) is 9.51. The number of halogens is 1. The summed E-state index contributed by atoms with van der Waals surface area (Å²) in [6, 6.07) is 9.29. The average Bonchev–Trinajstić information content (AvgIpc) is 3.22. The van der Waals surface area contributed by atoms with Gasteiger partial charge in [0.15, 0.2) is 6.61 Å². The first-order valence-electron chi connectivity index (χ1n) is 11.2. The molecule has 2 unspecified atom stereocenters. The van der Waals surface area contributed by atoms with E-state index in [0.29, 0.717) is 30.0 Å². The summed E-state index contributed by atoms with van der Waals surface area (Å²) < 4.78 is 7.13. The third-order valence-corrected chi connectivity index (χ3v) is 7.11. The van der Waals surface area contributed by atoms with Crippen molar-refractivity contribution in [3.05, 3.63) is 57.9 Å². The van der Waals surface area contributed by atoms with Crippen LogP contribution in [0.15, 0.2) is 30.3 Å². The average molecular weight is 471 g/mol. The molecule has 1 aromatic carbocycles. The van der Waals surface area contributed by atoms with Crippen molar-refractivity contribution in [3.63, 3.8) is 0 Å². The number of rotatable bonds is 7. The molecule has 2 aromatic rings. The highest BCUT2D eigenvalue weighted by molar-refractivity contribution is 6.31. The Morgan fingerprint density at radius 1 is 1.06 bits per heavy atom. The lowest BCUT2D eigenvalue weighted by Crippen LogP contribution is -2.37. The highest BCUT2D eigenvalue weighted by atomic mass is 35.5. The van der Waals surface area contributed by atoms with Gasteiger partial charge in [0.1, 0.15) is 6.54 Å². The van der Waals surface area contributed by atoms with E-state index in [1.165, 1.54) is 0 Å². The number of aromatic nitrogens is 1. The Hall–Kier alpha value is -2.93. The molecule has 174 valence electrons. The Bertz CT molecular complexity index is 1100. The Morgan fingerprint density at radius 2 is 1.70 bits per heavy atom. The SMILES string of the molecule is Cc1cc(C(=O)COC(=O)CN2C(=O)C3CCCCC3C2=O)c(C)n1Cc1ccccc1Cl. The zero-order valence-corrected chi connectivity index (χ0v) is 19.6. The van der Waals surface area contributed by atoms with E-state index >= 15 is 0 Å². The molecule has 2 aliphatic rings. The van der Waals surface area contributed by atoms with Crippen LogP contribution < -0.4 is 0 Å². The predicted octanol–water partition coefficient (Wildman–Crippen LogP) is 3.71. The van der Waals surface area contributed by atoms with Crippen LogP contribution >= 0.6 is 11.6 Å². The number of ketones is 1. The van der Waals surface area contributed by atoms with E-state index < -0.39 is 19.1 Å². The molecule has 0 bridgehead atoms. The van der Waals surface area contributed by atoms with E-state index in [2.05, 4.69) is 0 Å². The van der Waals surface area contributed by atoms with Crippen molar-refractivity contribution in [1.29, 1.82) is 0 Å². The lowest BCUT2D eigenvalue weighted by molar-refractivity contribution is -0.152. The molecular weight excluding hydrogens is 444 g/mol. The van der Waals surface area contributed by atoms with Crippen LogP contribution in [0.3, 0.4) is 0 Å². The number of imide groups is 1. The number of esters is 1. The molecule has 8 heteroatoms. The van der Waals surface area contributed by atoms with E-state index in [-0.39, 0.29) is 29.4 Å². The first kappa shape index (κ1) is 23.2. The Kier molecular flexibility index (Phi) is 6.70. The quantitative estimate of drug-likeness (QED) is 0.350. The fraction of sp³-hybridized carbons (Fsp3) is 0.440. The molecule has 2 fully saturated rings. The molecule has 1 saturated heterocycles. The number of carbonyl (C=O) groups is 4. The normalized spacial score (nSPS) is 20.2. The number of hydrogen-bond acceptors (Lipinski definition) is 5. The molecule has 0 N–H and O–H groups in total. The van der Waals surface area contributed by atoms with Gasteiger partial charge in [-0.3, -0.25) is 24.1 Å². The van der Waals surface area contributed by atoms with Gasteiger partial charge >= 0.3 is 5.97 Å². The number of benzene rings is 1. The largest absolute Gasteiger partial charge is 0.456 e. The van der Waals surface area contributed by atoms with Gasteiger partial charge in [-0.25, -0.2) is 0 Å². The molecule has 2 heterocycles. The minimum absolute atomic E-state index is 0.295. The van der Waals surface area contributed by atoms with Crippen LogP contribution in [0.2, 0.25) is 5.02 Å². The highest BCUT2D eigenvalue weighted by Gasteiger charge is 2.48. The fourth-order valence-electron chi connectivity index (χ4n) is 4.91. The number of fused-ring (bicyclic) bond motifs is 1. The molecule has 1 saturated carbocycles. The smallest absolute Gasteiger partial charge is 0.326 e. The van der Waals surface area contributed by atoms with E-state index in [1.807, 2.05) is 42.7 Å². The summed E-state index contributed by atoms with van der Waals surface area (Å²) in [5.74, 6) is -2.32. The summed E-state index contributed by atoms with van der Waals surface area (Å²) >= 11 is 6.27. The molecule has 0 radical (unpaired) electrons. The van der Waals surface area contributed by atoms with Gasteiger partial charge in [0.05, 0.1) is 11.8 Å². The number of likely N-dealkylation sites (tertiary alicyclic amines) is 1. The molecule has 2 atom stereocenters. The van der Waals surface area contributed by atoms with Crippen molar-refractivity contribution in [1.82, 2.24) is 9.47 Å². The minimum Gasteiger partial charge on any atom is -0.456 e. The van der Waals surface area contributed by atoms with Crippen molar-refractivity contribution >= 4 is 35.2 Å². The second-order valence-corrected chi connectivity index (χ2v) is 9.21. The summed E-state index contributed by atoms with van der Waals surface area (Å²) in [5, 5.41) is 0.651. The van der Waals surface area contributed by atoms with Crippen molar-refractivity contribution in [3.8, 4) is 0 Å². The molecular formula is C25H27ClN2O5. The molecule has 2 amide bonds. The summed E-state index contributed by atoms with van der Waals surface area (Å²) in [6.45, 7) is 3.37. The standard InChI is InChI=1S/C25H27ClN2O5/c1-15-11-20(16(2)27(15)12-17-7-3-6-10-21(17)26)22(29)14-33-23(30)13-28-24(31)18-8-4-5-9-19(18)25(28)32/h3,6-7,10-11,18-19H,4-5,8-9,12-14H2,1-2H3. The predicted molar refractivity (Wildman–Crippen MR) is 122 cm³/mol. The zero-order valence-electron chi connectivity index (χ0n) is 18.8. The molecule has 1 aliphatic carbocycles. The van der Waals surface area contributed by atoms with Crippen molar-refractivity contribution < 1.29 is 23.9 Å². The molecule has 1 aliphatic heterocycles. The number of carbonyl (C=O) groups excluding carboxylic acids is 4. The van der Waals surface area contributed by atoms with Gasteiger partial charge in [0.2, 0.25) is 17.6 Å². The van der Waals surface area contributed by atoms with Gasteiger partial charge in [0, 0.05) is 28.5 Å². The van der Waals surface area contributed by atoms with E-state index in [4.69, 9.17) is 16.3 Å². The Labute approximate surface area is 197 Å². The molecule has 4 rings (SSSR count). The van der Waals surface area contributed by atoms with E-state index in [9.17, 15) is 19.2 Å². The molecule has 7 nitrogen and oxygen atoms in total. The van der Waals surface area contributed by atoms with Crippen LogP contribution in [-0.2, 0) is 25.7 Å². The molecule has 33 heavy (non-hydrogen) atoms. The third-order valence-electron chi connectivity index (χ3n) is 6.74. The summed E-state index contributed by atoms with van der Waals surface area (Å²) in [6.07, 6.45) is 3.20. The van der Waals surface area contributed by atoms with Crippen LogP contribution in [0, 0.1) is 25.7 Å². The lowest BCUT2D eigenvalue weighted by Gasteiger charge is -2.19. The maximum Gasteiger partial charge on any atom is 0.326 e. The Morgan fingerprint density at radius 3 is 2.33 bits per heavy atom. The van der Waals surface area contributed by atoms with Gasteiger partial charge in [-0.15, -0.1) is 0 Å². The topological polar surface area (TPSA) is 85.7 Å². The number of ether oxygens (including phenoxy) is 1. The fourth-order valence-corrected chi connectivity index (χ4v) is 5.10. The van der Waals surface area contributed by atoms with Crippen LogP contribution in [0.1, 0.15) is 53.0 Å². The van der Waals surface area contributed by atoms with Crippen LogP contribution in [-0.4, -0.2) is 46.2 Å². The number of nitrogens with zero attached hydrogens (tertiary/aromatic N) is 2. The summed E-state index contributed by atoms with van der Waals surface area (Å²) in [4.78, 5) is 51.1. The van der Waals surface area contributed by atoms with Gasteiger partial charge in [-0.1, -0.05) is 42.6 Å². The first-order chi connectivity index (χ1) is 15.8. The van der Waals surface area contributed by atoms with E-state index in [1.54, 1.807) is 6.07 Å². The van der Waals surface area contributed by atoms with Gasteiger partial charge in [-0.05, 0) is 44.4 Å². The van der Waals surface area contributed by atoms with Crippen LogP contribution in [0.4, 0.5) is 0 Å². The van der Waals surface area contributed by atoms with Gasteiger partial charge in [-0.2, -0.15) is 0 Å². The summed E-state index contributed by atoms with van der Waals surface area (Å²) in [7, 11) is 0. The van der Waals surface area contributed by atoms with Crippen molar-refractivity contribution in [2.45, 2.75) is 46.1 Å². The Balaban J connectivity index is 1.37. The minimum atomic E-state index is -0.756. The highest BCUT2D eigenvalue weighted by Crippen LogP contribution is 2.37. The van der Waals surface area contributed by atoms with Gasteiger partial charge < -0.3 is 9.30 Å². The van der Waals surface area contributed by atoms with Crippen molar-refractivity contribution in [2.75, 3.05) is 13.2 Å². The zero-order chi connectivity index (χ0) is 23.7. The van der Waals surface area contributed by atoms with Crippen molar-refractivity contribution in [2.24, 2.45) is 11.8 Å². The van der Waals surface area contributed by atoms with Crippen LogP contribution in [0.25, 0.3) is 0 Å². The molecule has 1 aromatic heterocycles. The number of aryl methyl sites for hydroxylation is 1. The second-order valence-electron chi connectivity index (χ2n) is 8.81. The third kappa shape index (κ3) is 4.60.